The van der Waals surface area contributed by atoms with Crippen molar-refractivity contribution in [3.05, 3.63) is 30.1 Å². The molecule has 1 aromatic carbocycles. The van der Waals surface area contributed by atoms with Crippen molar-refractivity contribution in [2.24, 2.45) is 0 Å². The molecule has 2 N–H and O–H groups in total. The smallest absolute Gasteiger partial charge is 0.335 e. The largest absolute Gasteiger partial charge is 0.478 e. The highest BCUT2D eigenvalue weighted by molar-refractivity contribution is 5.92. The van der Waals surface area contributed by atoms with Crippen molar-refractivity contribution in [3.63, 3.8) is 0 Å². The summed E-state index contributed by atoms with van der Waals surface area (Å²) in [5, 5.41) is 17.9. The standard InChI is InChI=1S/C11H12N2O3/c1-7(5-14)13-6-12-9-4-8(11(15)16)2-3-10(9)13/h2-4,6-7,14H,5H2,1H3,(H,15,16). The Bertz CT molecular complexity index is 533. The quantitative estimate of drug-likeness (QED) is 0.817. The first kappa shape index (κ1) is 10.6. The topological polar surface area (TPSA) is 75.3 Å². The number of fused-ring (bicyclic) bond motifs is 1. The first-order chi connectivity index (χ1) is 7.63. The highest BCUT2D eigenvalue weighted by atomic mass is 16.4. The van der Waals surface area contributed by atoms with Crippen molar-refractivity contribution in [1.82, 2.24) is 9.55 Å². The third-order valence-corrected chi connectivity index (χ3v) is 2.56. The summed E-state index contributed by atoms with van der Waals surface area (Å²) >= 11 is 0. The zero-order valence-electron chi connectivity index (χ0n) is 8.79. The first-order valence-electron chi connectivity index (χ1n) is 4.94. The fourth-order valence-electron chi connectivity index (χ4n) is 1.60. The van der Waals surface area contributed by atoms with Gasteiger partial charge in [-0.15, -0.1) is 0 Å². The second-order valence-electron chi connectivity index (χ2n) is 3.69. The lowest BCUT2D eigenvalue weighted by Gasteiger charge is -2.10. The minimum absolute atomic E-state index is 0.0200. The average molecular weight is 220 g/mol. The van der Waals surface area contributed by atoms with E-state index in [1.807, 2.05) is 11.5 Å². The maximum absolute atomic E-state index is 10.8. The number of nitrogens with zero attached hydrogens (tertiary/aromatic N) is 2. The second kappa shape index (κ2) is 3.94. The van der Waals surface area contributed by atoms with Crippen LogP contribution in [0.2, 0.25) is 0 Å². The summed E-state index contributed by atoms with van der Waals surface area (Å²) in [6, 6.07) is 4.70. The number of aliphatic hydroxyl groups is 1. The van der Waals surface area contributed by atoms with E-state index in [9.17, 15) is 4.79 Å². The number of carboxylic acid groups (broad SMARTS) is 1. The maximum atomic E-state index is 10.8. The van der Waals surface area contributed by atoms with Gasteiger partial charge in [-0.2, -0.15) is 0 Å². The van der Waals surface area contributed by atoms with E-state index in [1.165, 1.54) is 12.1 Å². The van der Waals surface area contributed by atoms with Crippen molar-refractivity contribution in [3.8, 4) is 0 Å². The fraction of sp³-hybridized carbons (Fsp3) is 0.273. The molecule has 0 saturated carbocycles. The molecule has 1 atom stereocenters. The van der Waals surface area contributed by atoms with Gasteiger partial charge >= 0.3 is 5.97 Å². The average Bonchev–Trinajstić information content (AvgIpc) is 2.70. The Hall–Kier alpha value is -1.88. The third kappa shape index (κ3) is 1.65. The molecule has 0 bridgehead atoms. The Morgan fingerprint density at radius 3 is 2.94 bits per heavy atom. The lowest BCUT2D eigenvalue weighted by Crippen LogP contribution is -2.07. The monoisotopic (exact) mass is 220 g/mol. The van der Waals surface area contributed by atoms with E-state index in [2.05, 4.69) is 4.98 Å². The van der Waals surface area contributed by atoms with Crippen LogP contribution in [0.3, 0.4) is 0 Å². The molecule has 84 valence electrons. The molecule has 0 fully saturated rings. The number of aliphatic hydroxyl groups excluding tert-OH is 1. The molecule has 0 spiro atoms. The summed E-state index contributed by atoms with van der Waals surface area (Å²) in [5.41, 5.74) is 1.67. The number of hydrogen-bond acceptors (Lipinski definition) is 3. The molecule has 1 unspecified atom stereocenters. The van der Waals surface area contributed by atoms with Crippen molar-refractivity contribution in [2.75, 3.05) is 6.61 Å². The molecule has 2 rings (SSSR count). The lowest BCUT2D eigenvalue weighted by atomic mass is 10.2. The van der Waals surface area contributed by atoms with E-state index < -0.39 is 5.97 Å². The number of aromatic nitrogens is 2. The summed E-state index contributed by atoms with van der Waals surface area (Å²) < 4.78 is 1.82. The maximum Gasteiger partial charge on any atom is 0.335 e. The van der Waals surface area contributed by atoms with E-state index in [1.54, 1.807) is 12.4 Å². The summed E-state index contributed by atoms with van der Waals surface area (Å²) in [6.45, 7) is 1.89. The Morgan fingerprint density at radius 1 is 1.56 bits per heavy atom. The van der Waals surface area contributed by atoms with E-state index in [0.29, 0.717) is 5.52 Å². The van der Waals surface area contributed by atoms with Crippen LogP contribution in [0.15, 0.2) is 24.5 Å². The van der Waals surface area contributed by atoms with Crippen molar-refractivity contribution < 1.29 is 15.0 Å². The molecule has 0 aliphatic rings. The number of aromatic carboxylic acids is 1. The van der Waals surface area contributed by atoms with Crippen LogP contribution < -0.4 is 0 Å². The number of benzene rings is 1. The summed E-state index contributed by atoms with van der Waals surface area (Å²) in [4.78, 5) is 14.9. The predicted octanol–water partition coefficient (Wildman–Crippen LogP) is 1.29. The Morgan fingerprint density at radius 2 is 2.31 bits per heavy atom. The van der Waals surface area contributed by atoms with Crippen molar-refractivity contribution >= 4 is 17.0 Å². The van der Waals surface area contributed by atoms with Gasteiger partial charge in [0.2, 0.25) is 0 Å². The Labute approximate surface area is 92.0 Å². The zero-order chi connectivity index (χ0) is 11.7. The SMILES string of the molecule is CC(CO)n1cnc2cc(C(=O)O)ccc21. The zero-order valence-corrected chi connectivity index (χ0v) is 8.79. The molecule has 5 nitrogen and oxygen atoms in total. The van der Waals surface area contributed by atoms with Gasteiger partial charge in [-0.1, -0.05) is 0 Å². The van der Waals surface area contributed by atoms with Gasteiger partial charge in [-0.25, -0.2) is 9.78 Å². The molecule has 2 aromatic rings. The molecular weight excluding hydrogens is 208 g/mol. The molecule has 0 aliphatic carbocycles. The molecule has 0 aliphatic heterocycles. The summed E-state index contributed by atoms with van der Waals surface area (Å²) in [7, 11) is 0. The minimum Gasteiger partial charge on any atom is -0.478 e. The number of carbonyl (C=O) groups is 1. The van der Waals surface area contributed by atoms with Crippen LogP contribution in [-0.4, -0.2) is 32.3 Å². The molecule has 5 heteroatoms. The van der Waals surface area contributed by atoms with E-state index in [4.69, 9.17) is 10.2 Å². The van der Waals surface area contributed by atoms with E-state index in [-0.39, 0.29) is 18.2 Å². The van der Waals surface area contributed by atoms with E-state index in [0.717, 1.165) is 5.52 Å². The Balaban J connectivity index is 2.54. The van der Waals surface area contributed by atoms with Crippen LogP contribution in [-0.2, 0) is 0 Å². The van der Waals surface area contributed by atoms with Crippen molar-refractivity contribution in [2.45, 2.75) is 13.0 Å². The second-order valence-corrected chi connectivity index (χ2v) is 3.69. The fourth-order valence-corrected chi connectivity index (χ4v) is 1.60. The van der Waals surface area contributed by atoms with Crippen molar-refractivity contribution in [1.29, 1.82) is 0 Å². The van der Waals surface area contributed by atoms with Crippen LogP contribution >= 0.6 is 0 Å². The lowest BCUT2D eigenvalue weighted by molar-refractivity contribution is 0.0697. The summed E-state index contributed by atoms with van der Waals surface area (Å²) in [5.74, 6) is -0.966. The molecule has 1 heterocycles. The van der Waals surface area contributed by atoms with Crippen LogP contribution in [0, 0.1) is 0 Å². The van der Waals surface area contributed by atoms with Gasteiger partial charge in [0.1, 0.15) is 0 Å². The minimum atomic E-state index is -0.966. The Kier molecular flexibility index (Phi) is 2.62. The molecular formula is C11H12N2O3. The van der Waals surface area contributed by atoms with Crippen LogP contribution in [0.4, 0.5) is 0 Å². The highest BCUT2D eigenvalue weighted by Gasteiger charge is 2.10. The number of hydrogen-bond donors (Lipinski definition) is 2. The molecule has 0 radical (unpaired) electrons. The summed E-state index contributed by atoms with van der Waals surface area (Å²) in [6.07, 6.45) is 1.61. The van der Waals surface area contributed by atoms with E-state index >= 15 is 0 Å². The third-order valence-electron chi connectivity index (χ3n) is 2.56. The number of rotatable bonds is 3. The molecule has 0 saturated heterocycles. The van der Waals surface area contributed by atoms with Crippen LogP contribution in [0.5, 0.6) is 0 Å². The number of carboxylic acids is 1. The molecule has 1 aromatic heterocycles. The molecule has 0 amide bonds. The molecule has 16 heavy (non-hydrogen) atoms. The van der Waals surface area contributed by atoms with Gasteiger partial charge in [-0.05, 0) is 25.1 Å². The van der Waals surface area contributed by atoms with Gasteiger partial charge in [0, 0.05) is 0 Å². The van der Waals surface area contributed by atoms with Gasteiger partial charge in [-0.3, -0.25) is 0 Å². The van der Waals surface area contributed by atoms with Crippen LogP contribution in [0.1, 0.15) is 23.3 Å². The normalized spacial score (nSPS) is 12.9. The van der Waals surface area contributed by atoms with Crippen LogP contribution in [0.25, 0.3) is 11.0 Å². The van der Waals surface area contributed by atoms with Gasteiger partial charge in [0.15, 0.2) is 0 Å². The van der Waals surface area contributed by atoms with Gasteiger partial charge in [0.05, 0.1) is 35.6 Å². The highest BCUT2D eigenvalue weighted by Crippen LogP contribution is 2.18. The number of imidazole rings is 1. The van der Waals surface area contributed by atoms with Gasteiger partial charge < -0.3 is 14.8 Å². The predicted molar refractivity (Wildman–Crippen MR) is 58.5 cm³/mol. The first-order valence-corrected chi connectivity index (χ1v) is 4.94. The van der Waals surface area contributed by atoms with Gasteiger partial charge in [0.25, 0.3) is 0 Å².